The van der Waals surface area contributed by atoms with Gasteiger partial charge in [-0.1, -0.05) is 12.1 Å². The number of hydrogen-bond donors (Lipinski definition) is 0. The van der Waals surface area contributed by atoms with E-state index in [9.17, 15) is 19.7 Å². The molecule has 2 aromatic heterocycles. The summed E-state index contributed by atoms with van der Waals surface area (Å²) in [5.41, 5.74) is 0.734. The van der Waals surface area contributed by atoms with Gasteiger partial charge in [-0.15, -0.1) is 11.3 Å². The van der Waals surface area contributed by atoms with Gasteiger partial charge in [0.05, 0.1) is 28.4 Å². The highest BCUT2D eigenvalue weighted by Crippen LogP contribution is 2.32. The minimum atomic E-state index is -0.676. The molecule has 0 bridgehead atoms. The van der Waals surface area contributed by atoms with Crippen molar-refractivity contribution in [3.8, 4) is 10.7 Å². The second-order valence-corrected chi connectivity index (χ2v) is 6.37. The molecule has 0 saturated carbocycles. The Morgan fingerprint density at radius 1 is 1.12 bits per heavy atom. The maximum Gasteiger partial charge on any atom is 0.282 e. The van der Waals surface area contributed by atoms with Crippen molar-refractivity contribution in [2.75, 3.05) is 0 Å². The number of nitrogens with zero attached hydrogens (tertiary/aromatic N) is 4. The third-order valence-corrected chi connectivity index (χ3v) is 4.84. The predicted octanol–water partition coefficient (Wildman–Crippen LogP) is 2.91. The molecule has 0 saturated heterocycles. The van der Waals surface area contributed by atoms with Crippen molar-refractivity contribution >= 4 is 28.8 Å². The summed E-state index contributed by atoms with van der Waals surface area (Å²) in [4.78, 5) is 45.2. The second-order valence-electron chi connectivity index (χ2n) is 5.51. The van der Waals surface area contributed by atoms with Crippen molar-refractivity contribution in [1.29, 1.82) is 0 Å². The molecule has 0 fully saturated rings. The summed E-state index contributed by atoms with van der Waals surface area (Å²) in [7, 11) is 0. The molecule has 0 unspecified atom stereocenters. The molecule has 9 heteroatoms. The first-order chi connectivity index (χ1) is 12.6. The minimum Gasteiger partial charge on any atom is -0.269 e. The third-order valence-electron chi connectivity index (χ3n) is 3.93. The van der Waals surface area contributed by atoms with Gasteiger partial charge in [0.15, 0.2) is 0 Å². The van der Waals surface area contributed by atoms with Crippen LogP contribution < -0.4 is 0 Å². The number of rotatable bonds is 4. The van der Waals surface area contributed by atoms with Crippen LogP contribution in [-0.2, 0) is 6.54 Å². The number of hydrogen-bond acceptors (Lipinski definition) is 7. The highest BCUT2D eigenvalue weighted by Gasteiger charge is 2.41. The van der Waals surface area contributed by atoms with E-state index >= 15 is 0 Å². The Morgan fingerprint density at radius 3 is 2.69 bits per heavy atom. The number of fused-ring (bicyclic) bond motifs is 1. The topological polar surface area (TPSA) is 106 Å². The van der Waals surface area contributed by atoms with E-state index in [0.717, 1.165) is 4.90 Å². The molecule has 4 rings (SSSR count). The zero-order chi connectivity index (χ0) is 18.3. The number of carbonyl (C=O) groups excluding carboxylic acids is 2. The number of imide groups is 1. The van der Waals surface area contributed by atoms with E-state index in [4.69, 9.17) is 0 Å². The molecule has 3 heterocycles. The summed E-state index contributed by atoms with van der Waals surface area (Å²) in [5.74, 6) is -1.23. The lowest BCUT2D eigenvalue weighted by Gasteiger charge is -2.11. The Balaban J connectivity index is 1.63. The summed E-state index contributed by atoms with van der Waals surface area (Å²) in [6.45, 7) is -0.0488. The van der Waals surface area contributed by atoms with Crippen molar-refractivity contribution in [3.63, 3.8) is 0 Å². The Labute approximate surface area is 150 Å². The number of aromatic nitrogens is 2. The van der Waals surface area contributed by atoms with Crippen LogP contribution in [0.2, 0.25) is 0 Å². The fourth-order valence-corrected chi connectivity index (χ4v) is 3.55. The van der Waals surface area contributed by atoms with Gasteiger partial charge in [0.1, 0.15) is 10.6 Å². The van der Waals surface area contributed by atoms with E-state index in [1.54, 1.807) is 17.6 Å². The van der Waals surface area contributed by atoms with Crippen LogP contribution in [-0.4, -0.2) is 31.6 Å². The molecular formula is C17H10N4O4S. The number of thiazole rings is 1. The summed E-state index contributed by atoms with van der Waals surface area (Å²) < 4.78 is 0. The van der Waals surface area contributed by atoms with E-state index < -0.39 is 16.7 Å². The molecule has 1 aromatic carbocycles. The molecular weight excluding hydrogens is 356 g/mol. The molecule has 0 N–H and O–H groups in total. The molecule has 128 valence electrons. The van der Waals surface area contributed by atoms with Crippen LogP contribution in [0, 0.1) is 10.1 Å². The van der Waals surface area contributed by atoms with Crippen LogP contribution >= 0.6 is 11.3 Å². The number of amides is 2. The van der Waals surface area contributed by atoms with Gasteiger partial charge < -0.3 is 0 Å². The van der Waals surface area contributed by atoms with Crippen LogP contribution in [0.5, 0.6) is 0 Å². The number of nitro groups is 1. The van der Waals surface area contributed by atoms with E-state index in [1.807, 2.05) is 12.1 Å². The van der Waals surface area contributed by atoms with Gasteiger partial charge >= 0.3 is 0 Å². The van der Waals surface area contributed by atoms with Crippen molar-refractivity contribution in [1.82, 2.24) is 14.9 Å². The first-order valence-corrected chi connectivity index (χ1v) is 8.43. The Kier molecular flexibility index (Phi) is 3.77. The van der Waals surface area contributed by atoms with Crippen LogP contribution in [0.4, 0.5) is 5.69 Å². The van der Waals surface area contributed by atoms with E-state index in [-0.39, 0.29) is 23.4 Å². The van der Waals surface area contributed by atoms with Gasteiger partial charge in [-0.3, -0.25) is 29.6 Å². The highest BCUT2D eigenvalue weighted by molar-refractivity contribution is 7.13. The predicted molar refractivity (Wildman–Crippen MR) is 92.6 cm³/mol. The van der Waals surface area contributed by atoms with Crippen molar-refractivity contribution in [3.05, 3.63) is 74.9 Å². The monoisotopic (exact) mass is 366 g/mol. The number of benzene rings is 1. The van der Waals surface area contributed by atoms with Crippen LogP contribution in [0.15, 0.2) is 48.0 Å². The van der Waals surface area contributed by atoms with Gasteiger partial charge in [0.25, 0.3) is 17.5 Å². The van der Waals surface area contributed by atoms with Gasteiger partial charge in [-0.2, -0.15) is 0 Å². The van der Waals surface area contributed by atoms with Crippen molar-refractivity contribution < 1.29 is 14.5 Å². The average molecular weight is 366 g/mol. The normalized spacial score (nSPS) is 13.2. The van der Waals surface area contributed by atoms with E-state index in [1.165, 1.54) is 29.5 Å². The van der Waals surface area contributed by atoms with Crippen LogP contribution in [0.1, 0.15) is 26.4 Å². The van der Waals surface area contributed by atoms with Gasteiger partial charge in [0.2, 0.25) is 0 Å². The Morgan fingerprint density at radius 2 is 1.96 bits per heavy atom. The number of carbonyl (C=O) groups is 2. The molecule has 8 nitrogen and oxygen atoms in total. The lowest BCUT2D eigenvalue weighted by Crippen LogP contribution is -2.29. The van der Waals surface area contributed by atoms with E-state index in [0.29, 0.717) is 16.4 Å². The summed E-state index contributed by atoms with van der Waals surface area (Å²) in [6.07, 6.45) is 1.65. The van der Waals surface area contributed by atoms with Crippen molar-refractivity contribution in [2.45, 2.75) is 6.54 Å². The van der Waals surface area contributed by atoms with Gasteiger partial charge in [-0.05, 0) is 18.2 Å². The maximum atomic E-state index is 12.6. The fourth-order valence-electron chi connectivity index (χ4n) is 2.76. The molecule has 0 aliphatic carbocycles. The Bertz CT molecular complexity index is 1050. The maximum absolute atomic E-state index is 12.6. The second kappa shape index (κ2) is 6.12. The fraction of sp³-hybridized carbons (Fsp3) is 0.0588. The van der Waals surface area contributed by atoms with Crippen LogP contribution in [0.3, 0.4) is 0 Å². The molecule has 0 radical (unpaired) electrons. The number of pyridine rings is 1. The zero-order valence-corrected chi connectivity index (χ0v) is 14.0. The average Bonchev–Trinajstić information content (AvgIpc) is 3.22. The minimum absolute atomic E-state index is 0.0457. The first-order valence-electron chi connectivity index (χ1n) is 7.55. The lowest BCUT2D eigenvalue weighted by atomic mass is 10.1. The molecule has 0 atom stereocenters. The zero-order valence-electron chi connectivity index (χ0n) is 13.2. The largest absolute Gasteiger partial charge is 0.282 e. The molecule has 1 aliphatic rings. The van der Waals surface area contributed by atoms with Gasteiger partial charge in [0, 0.05) is 17.6 Å². The molecule has 3 aromatic rings. The highest BCUT2D eigenvalue weighted by atomic mass is 32.1. The lowest BCUT2D eigenvalue weighted by molar-refractivity contribution is -0.385. The quantitative estimate of drug-likeness (QED) is 0.399. The molecule has 2 amide bonds. The molecule has 0 spiro atoms. The third kappa shape index (κ3) is 2.54. The first kappa shape index (κ1) is 16.0. The van der Waals surface area contributed by atoms with Crippen LogP contribution in [0.25, 0.3) is 10.7 Å². The summed E-state index contributed by atoms with van der Waals surface area (Å²) >= 11 is 1.35. The Hall–Kier alpha value is -3.46. The van der Waals surface area contributed by atoms with E-state index in [2.05, 4.69) is 9.97 Å². The SMILES string of the molecule is O=C1c2cccc([N+](=O)[O-])c2C(=O)N1Cc1csc(-c2ccccn2)n1. The van der Waals surface area contributed by atoms with Crippen molar-refractivity contribution in [2.24, 2.45) is 0 Å². The smallest absolute Gasteiger partial charge is 0.269 e. The summed E-state index contributed by atoms with van der Waals surface area (Å²) in [5, 5.41) is 13.6. The molecule has 26 heavy (non-hydrogen) atoms. The standard InChI is InChI=1S/C17H10N4O4S/c22-16-11-4-3-6-13(21(24)25)14(11)17(23)20(16)8-10-9-26-15(19-10)12-5-1-2-7-18-12/h1-7,9H,8H2. The van der Waals surface area contributed by atoms with Gasteiger partial charge in [-0.25, -0.2) is 4.98 Å². The molecule has 1 aliphatic heterocycles. The number of nitro benzene ring substituents is 1. The summed E-state index contributed by atoms with van der Waals surface area (Å²) in [6, 6.07) is 9.48.